The molecule has 1 rings (SSSR count). The van der Waals surface area contributed by atoms with Crippen molar-refractivity contribution in [1.82, 2.24) is 10.0 Å². The lowest BCUT2D eigenvalue weighted by molar-refractivity contribution is -0.109. The van der Waals surface area contributed by atoms with Crippen LogP contribution in [0.25, 0.3) is 0 Å². The summed E-state index contributed by atoms with van der Waals surface area (Å²) in [5.74, 6) is 0. The number of carbonyl (C=O) groups is 2. The summed E-state index contributed by atoms with van der Waals surface area (Å²) in [5.41, 5.74) is 0.661. The van der Waals surface area contributed by atoms with Crippen molar-refractivity contribution in [3.8, 4) is 0 Å². The fourth-order valence-corrected chi connectivity index (χ4v) is 2.04. The van der Waals surface area contributed by atoms with Crippen LogP contribution >= 0.6 is 0 Å². The van der Waals surface area contributed by atoms with Gasteiger partial charge in [-0.1, -0.05) is 18.2 Å². The van der Waals surface area contributed by atoms with E-state index in [-0.39, 0.29) is 0 Å². The Morgan fingerprint density at radius 3 is 2.62 bits per heavy atom. The molecule has 2 unspecified atom stereocenters. The maximum absolute atomic E-state index is 11.7. The Kier molecular flexibility index (Phi) is 8.25. The topological polar surface area (TPSA) is 113 Å². The van der Waals surface area contributed by atoms with Gasteiger partial charge in [0.25, 0.3) is 0 Å². The molecule has 0 saturated heterocycles. The molecule has 0 bridgehead atoms. The highest BCUT2D eigenvalue weighted by atomic mass is 32.2. The number of carbonyl (C=O) groups excluding carboxylic acids is 2. The van der Waals surface area contributed by atoms with Crippen molar-refractivity contribution >= 4 is 29.2 Å². The van der Waals surface area contributed by atoms with Crippen molar-refractivity contribution in [2.45, 2.75) is 25.3 Å². The van der Waals surface area contributed by atoms with E-state index in [9.17, 15) is 13.8 Å². The molecule has 0 aromatic heterocycles. The van der Waals surface area contributed by atoms with Crippen LogP contribution < -0.4 is 20.5 Å². The third-order valence-corrected chi connectivity index (χ3v) is 3.19. The quantitative estimate of drug-likeness (QED) is 0.397. The van der Waals surface area contributed by atoms with Crippen molar-refractivity contribution in [3.05, 3.63) is 30.3 Å². The van der Waals surface area contributed by atoms with Gasteiger partial charge in [0, 0.05) is 12.2 Å². The van der Waals surface area contributed by atoms with Crippen molar-refractivity contribution < 1.29 is 13.8 Å². The Morgan fingerprint density at radius 1 is 1.29 bits per heavy atom. The second kappa shape index (κ2) is 10.0. The molecule has 2 amide bonds. The first-order valence-corrected chi connectivity index (χ1v) is 7.80. The molecule has 0 saturated carbocycles. The maximum Gasteiger partial charge on any atom is 0.319 e. The molecule has 21 heavy (non-hydrogen) atoms. The lowest BCUT2D eigenvalue weighted by atomic mass is 10.1. The number of anilines is 1. The minimum atomic E-state index is -1.51. The number of nitrogens with one attached hydrogen (secondary N) is 3. The molecule has 5 N–H and O–H groups in total. The summed E-state index contributed by atoms with van der Waals surface area (Å²) >= 11 is -1.51. The molecule has 8 heteroatoms. The summed E-state index contributed by atoms with van der Waals surface area (Å²) in [6, 6.07) is 8.02. The standard InChI is InChI=1S/C13H20N4O3S/c14-21(20)15-9-5-4-8-12(10-18)17-13(19)16-11-6-2-1-3-7-11/h1-3,6-7,10,12,15H,4-5,8-9,14H2,(H2,16,17,19). The number of hydrogen-bond donors (Lipinski definition) is 4. The Bertz CT molecular complexity index is 470. The fraction of sp³-hybridized carbons (Fsp3) is 0.385. The fourth-order valence-electron chi connectivity index (χ4n) is 1.69. The Morgan fingerprint density at radius 2 is 2.00 bits per heavy atom. The van der Waals surface area contributed by atoms with Crippen LogP contribution in [0.4, 0.5) is 10.5 Å². The molecule has 1 aromatic carbocycles. The number of rotatable bonds is 9. The SMILES string of the molecule is NS(=O)NCCCCC(C=O)NC(=O)Nc1ccccc1. The minimum absolute atomic E-state index is 0.417. The van der Waals surface area contributed by atoms with Crippen LogP contribution in [-0.2, 0) is 16.0 Å². The summed E-state index contributed by atoms with van der Waals surface area (Å²) < 4.78 is 13.1. The number of hydrogen-bond acceptors (Lipinski definition) is 3. The molecule has 0 radical (unpaired) electrons. The third-order valence-electron chi connectivity index (χ3n) is 2.70. The van der Waals surface area contributed by atoms with E-state index in [0.717, 1.165) is 6.42 Å². The summed E-state index contributed by atoms with van der Waals surface area (Å²) in [5, 5.41) is 10.3. The molecule has 0 aliphatic rings. The molecule has 0 aliphatic carbocycles. The average molecular weight is 312 g/mol. The molecule has 0 aliphatic heterocycles. The van der Waals surface area contributed by atoms with Crippen LogP contribution in [0.1, 0.15) is 19.3 Å². The summed E-state index contributed by atoms with van der Waals surface area (Å²) in [4.78, 5) is 22.6. The largest absolute Gasteiger partial charge is 0.328 e. The van der Waals surface area contributed by atoms with E-state index >= 15 is 0 Å². The second-order valence-corrected chi connectivity index (χ2v) is 5.28. The molecule has 0 spiro atoms. The van der Waals surface area contributed by atoms with Gasteiger partial charge in [0.15, 0.2) is 11.2 Å². The number of urea groups is 1. The van der Waals surface area contributed by atoms with E-state index < -0.39 is 23.2 Å². The Hall–Kier alpha value is -1.77. The molecule has 0 heterocycles. The first kappa shape index (κ1) is 17.3. The predicted molar refractivity (Wildman–Crippen MR) is 82.6 cm³/mol. The van der Waals surface area contributed by atoms with E-state index in [1.54, 1.807) is 24.3 Å². The van der Waals surface area contributed by atoms with Gasteiger partial charge in [0.05, 0.1) is 6.04 Å². The molecule has 0 fully saturated rings. The summed E-state index contributed by atoms with van der Waals surface area (Å²) in [6.07, 6.45) is 2.65. The molecule has 116 valence electrons. The van der Waals surface area contributed by atoms with Gasteiger partial charge in [-0.25, -0.2) is 18.9 Å². The van der Waals surface area contributed by atoms with Gasteiger partial charge < -0.3 is 15.4 Å². The smallest absolute Gasteiger partial charge is 0.319 e. The van der Waals surface area contributed by atoms with Gasteiger partial charge in [0.1, 0.15) is 6.29 Å². The van der Waals surface area contributed by atoms with Crippen LogP contribution in [0.5, 0.6) is 0 Å². The molecular weight excluding hydrogens is 292 g/mol. The van der Waals surface area contributed by atoms with Gasteiger partial charge >= 0.3 is 6.03 Å². The van der Waals surface area contributed by atoms with Crippen molar-refractivity contribution in [2.75, 3.05) is 11.9 Å². The monoisotopic (exact) mass is 312 g/mol. The van der Waals surface area contributed by atoms with Gasteiger partial charge in [0.2, 0.25) is 0 Å². The first-order valence-electron chi connectivity index (χ1n) is 6.59. The maximum atomic E-state index is 11.7. The highest BCUT2D eigenvalue weighted by molar-refractivity contribution is 7.80. The number of benzene rings is 1. The van der Waals surface area contributed by atoms with Crippen LogP contribution in [0.15, 0.2) is 30.3 Å². The third kappa shape index (κ3) is 8.18. The summed E-state index contributed by atoms with van der Waals surface area (Å²) in [6.45, 7) is 0.505. The van der Waals surface area contributed by atoms with Gasteiger partial charge in [-0.3, -0.25) is 0 Å². The van der Waals surface area contributed by atoms with Crippen LogP contribution in [0.3, 0.4) is 0 Å². The van der Waals surface area contributed by atoms with Crippen molar-refractivity contribution in [3.63, 3.8) is 0 Å². The number of para-hydroxylation sites is 1. The Labute approximate surface area is 126 Å². The first-order chi connectivity index (χ1) is 10.1. The molecule has 1 aromatic rings. The van der Waals surface area contributed by atoms with Crippen molar-refractivity contribution in [2.24, 2.45) is 5.14 Å². The lowest BCUT2D eigenvalue weighted by Gasteiger charge is -2.13. The normalized spacial score (nSPS) is 13.2. The van der Waals surface area contributed by atoms with Crippen LogP contribution in [0.2, 0.25) is 0 Å². The molecule has 7 nitrogen and oxygen atoms in total. The number of amides is 2. The Balaban J connectivity index is 2.25. The van der Waals surface area contributed by atoms with Gasteiger partial charge in [-0.05, 0) is 31.4 Å². The highest BCUT2D eigenvalue weighted by Crippen LogP contribution is 2.05. The summed E-state index contributed by atoms with van der Waals surface area (Å²) in [7, 11) is 0. The minimum Gasteiger partial charge on any atom is -0.328 e. The predicted octanol–water partition coefficient (Wildman–Crippen LogP) is 0.673. The molecular formula is C13H20N4O3S. The number of unbranched alkanes of at least 4 members (excludes halogenated alkanes) is 1. The highest BCUT2D eigenvalue weighted by Gasteiger charge is 2.10. The zero-order valence-electron chi connectivity index (χ0n) is 11.6. The lowest BCUT2D eigenvalue weighted by Crippen LogP contribution is -2.39. The van der Waals surface area contributed by atoms with Crippen LogP contribution in [0, 0.1) is 0 Å². The van der Waals surface area contributed by atoms with E-state index in [1.807, 2.05) is 6.07 Å². The zero-order chi connectivity index (χ0) is 15.5. The van der Waals surface area contributed by atoms with Crippen molar-refractivity contribution in [1.29, 1.82) is 0 Å². The molecule has 2 atom stereocenters. The van der Waals surface area contributed by atoms with Gasteiger partial charge in [-0.2, -0.15) is 0 Å². The van der Waals surface area contributed by atoms with E-state index in [1.165, 1.54) is 0 Å². The van der Waals surface area contributed by atoms with Gasteiger partial charge in [-0.15, -0.1) is 0 Å². The average Bonchev–Trinajstić information content (AvgIpc) is 2.46. The zero-order valence-corrected chi connectivity index (χ0v) is 12.4. The second-order valence-electron chi connectivity index (χ2n) is 4.39. The van der Waals surface area contributed by atoms with E-state index in [4.69, 9.17) is 5.14 Å². The van der Waals surface area contributed by atoms with E-state index in [0.29, 0.717) is 31.4 Å². The number of nitrogens with two attached hydrogens (primary N) is 1. The number of aldehydes is 1. The van der Waals surface area contributed by atoms with Crippen LogP contribution in [-0.4, -0.2) is 29.1 Å². The van der Waals surface area contributed by atoms with E-state index in [2.05, 4.69) is 15.4 Å².